The van der Waals surface area contributed by atoms with Crippen molar-refractivity contribution >= 4 is 34.6 Å². The van der Waals surface area contributed by atoms with Gasteiger partial charge in [-0.3, -0.25) is 14.4 Å². The third kappa shape index (κ3) is 8.54. The van der Waals surface area contributed by atoms with Crippen molar-refractivity contribution in [3.8, 4) is 0 Å². The Morgan fingerprint density at radius 2 is 1.58 bits per heavy atom. The molecule has 12 heteroatoms. The molecule has 210 valence electrons. The Morgan fingerprint density at radius 1 is 0.947 bits per heavy atom. The van der Waals surface area contributed by atoms with Gasteiger partial charge in [-0.25, -0.2) is 4.79 Å². The normalized spacial score (nSPS) is 15.3. The van der Waals surface area contributed by atoms with Gasteiger partial charge in [0.1, 0.15) is 18.1 Å². The molecule has 0 saturated carbocycles. The number of hydrogen-bond donors (Lipinski definition) is 8. The van der Waals surface area contributed by atoms with E-state index in [-0.39, 0.29) is 12.8 Å². The van der Waals surface area contributed by atoms with Crippen molar-refractivity contribution < 1.29 is 29.4 Å². The van der Waals surface area contributed by atoms with Crippen LogP contribution in [0.3, 0.4) is 0 Å². The molecule has 3 amide bonds. The van der Waals surface area contributed by atoms with Crippen LogP contribution in [-0.4, -0.2) is 75.7 Å². The maximum Gasteiger partial charge on any atom is 0.326 e. The number of benzene rings is 1. The van der Waals surface area contributed by atoms with Gasteiger partial charge in [-0.05, 0) is 56.7 Å². The summed E-state index contributed by atoms with van der Waals surface area (Å²) in [6, 6.07) is 2.94. The highest BCUT2D eigenvalue weighted by molar-refractivity contribution is 5.94. The molecule has 12 nitrogen and oxygen atoms in total. The first-order valence-electron chi connectivity index (χ1n) is 12.8. The number of unbranched alkanes of at least 4 members (excludes halogenated alkanes) is 1. The quantitative estimate of drug-likeness (QED) is 0.143. The number of aliphatic carboxylic acids is 1. The number of carbonyl (C=O) groups is 4. The van der Waals surface area contributed by atoms with Gasteiger partial charge in [-0.15, -0.1) is 0 Å². The van der Waals surface area contributed by atoms with E-state index in [0.29, 0.717) is 19.4 Å². The van der Waals surface area contributed by atoms with Gasteiger partial charge in [0, 0.05) is 17.1 Å². The highest BCUT2D eigenvalue weighted by atomic mass is 16.4. The van der Waals surface area contributed by atoms with Crippen LogP contribution in [0.25, 0.3) is 10.9 Å². The number of H-pyrrole nitrogens is 1. The lowest BCUT2D eigenvalue weighted by atomic mass is 10.0. The Bertz CT molecular complexity index is 1100. The van der Waals surface area contributed by atoms with Crippen molar-refractivity contribution in [2.45, 2.75) is 76.7 Å². The Morgan fingerprint density at radius 3 is 2.18 bits per heavy atom. The summed E-state index contributed by atoms with van der Waals surface area (Å²) in [4.78, 5) is 53.5. The fourth-order valence-corrected chi connectivity index (χ4v) is 4.09. The van der Waals surface area contributed by atoms with Gasteiger partial charge in [-0.2, -0.15) is 0 Å². The summed E-state index contributed by atoms with van der Waals surface area (Å²) in [5.74, 6) is -3.72. The fraction of sp³-hybridized carbons (Fsp3) is 0.538. The summed E-state index contributed by atoms with van der Waals surface area (Å²) in [7, 11) is 0. The van der Waals surface area contributed by atoms with Gasteiger partial charge < -0.3 is 42.6 Å². The van der Waals surface area contributed by atoms with E-state index >= 15 is 0 Å². The Hall–Kier alpha value is -3.48. The molecular formula is C26H40N6O6. The van der Waals surface area contributed by atoms with Crippen molar-refractivity contribution in [2.24, 2.45) is 17.4 Å². The summed E-state index contributed by atoms with van der Waals surface area (Å²) in [5, 5.41) is 28.1. The minimum absolute atomic E-state index is 0.192. The molecule has 5 atom stereocenters. The second kappa shape index (κ2) is 14.5. The molecule has 1 heterocycles. The minimum Gasteiger partial charge on any atom is -0.480 e. The second-order valence-corrected chi connectivity index (χ2v) is 9.81. The van der Waals surface area contributed by atoms with Gasteiger partial charge in [0.2, 0.25) is 17.7 Å². The Labute approximate surface area is 221 Å². The maximum absolute atomic E-state index is 13.0. The van der Waals surface area contributed by atoms with Crippen molar-refractivity contribution in [2.75, 3.05) is 6.54 Å². The summed E-state index contributed by atoms with van der Waals surface area (Å²) in [5.41, 5.74) is 13.3. The van der Waals surface area contributed by atoms with E-state index in [0.717, 1.165) is 16.5 Å². The van der Waals surface area contributed by atoms with Gasteiger partial charge in [0.15, 0.2) is 0 Å². The number of nitrogens with two attached hydrogens (primary N) is 2. The lowest BCUT2D eigenvalue weighted by Crippen LogP contribution is -2.60. The third-order valence-electron chi connectivity index (χ3n) is 6.32. The number of hydrogen-bond acceptors (Lipinski definition) is 7. The van der Waals surface area contributed by atoms with Crippen molar-refractivity contribution in [3.05, 3.63) is 36.0 Å². The lowest BCUT2D eigenvalue weighted by Gasteiger charge is -2.28. The number of aliphatic hydroxyl groups excluding tert-OH is 1. The number of aromatic nitrogens is 1. The molecule has 0 aliphatic heterocycles. The molecule has 0 fully saturated rings. The zero-order valence-corrected chi connectivity index (χ0v) is 22.1. The predicted molar refractivity (Wildman–Crippen MR) is 143 cm³/mol. The number of para-hydroxylation sites is 1. The van der Waals surface area contributed by atoms with Crippen LogP contribution in [0.1, 0.15) is 45.6 Å². The van der Waals surface area contributed by atoms with Gasteiger partial charge in [-0.1, -0.05) is 32.0 Å². The van der Waals surface area contributed by atoms with E-state index in [2.05, 4.69) is 20.9 Å². The van der Waals surface area contributed by atoms with Crippen molar-refractivity contribution in [1.82, 2.24) is 20.9 Å². The zero-order valence-electron chi connectivity index (χ0n) is 22.1. The maximum atomic E-state index is 13.0. The van der Waals surface area contributed by atoms with Crippen LogP contribution in [0, 0.1) is 5.92 Å². The molecule has 5 unspecified atom stereocenters. The number of rotatable bonds is 15. The number of fused-ring (bicyclic) bond motifs is 1. The first-order chi connectivity index (χ1) is 18.0. The molecule has 0 spiro atoms. The second-order valence-electron chi connectivity index (χ2n) is 9.81. The molecule has 0 saturated heterocycles. The van der Waals surface area contributed by atoms with Crippen LogP contribution in [0.2, 0.25) is 0 Å². The van der Waals surface area contributed by atoms with Crippen LogP contribution in [0.5, 0.6) is 0 Å². The van der Waals surface area contributed by atoms with E-state index in [1.165, 1.54) is 6.92 Å². The average Bonchev–Trinajstić information content (AvgIpc) is 3.27. The standard InChI is InChI=1S/C26H40N6O6/c1-14(2)21(24(35)30-20(26(37)38)10-6-7-11-27)31-25(36)22(15(3)33)32-23(34)18(28)12-16-13-29-19-9-5-4-8-17(16)19/h4-5,8-9,13-15,18,20-22,29,33H,6-7,10-12,27-28H2,1-3H3,(H,30,35)(H,31,36)(H,32,34)(H,37,38). The van der Waals surface area contributed by atoms with Gasteiger partial charge in [0.25, 0.3) is 0 Å². The minimum atomic E-state index is -1.38. The van der Waals surface area contributed by atoms with Crippen molar-refractivity contribution in [1.29, 1.82) is 0 Å². The summed E-state index contributed by atoms with van der Waals surface area (Å²) in [6.07, 6.45) is 1.99. The molecular weight excluding hydrogens is 492 g/mol. The zero-order chi connectivity index (χ0) is 28.4. The molecule has 0 radical (unpaired) electrons. The van der Waals surface area contributed by atoms with Crippen LogP contribution in [0.4, 0.5) is 0 Å². The number of amides is 3. The van der Waals surface area contributed by atoms with Gasteiger partial charge >= 0.3 is 5.97 Å². The highest BCUT2D eigenvalue weighted by Gasteiger charge is 2.33. The molecule has 38 heavy (non-hydrogen) atoms. The smallest absolute Gasteiger partial charge is 0.326 e. The highest BCUT2D eigenvalue weighted by Crippen LogP contribution is 2.19. The molecule has 2 rings (SSSR count). The first kappa shape index (κ1) is 30.7. The van der Waals surface area contributed by atoms with Crippen LogP contribution in [0.15, 0.2) is 30.5 Å². The topological polar surface area (TPSA) is 213 Å². The van der Waals surface area contributed by atoms with E-state index in [9.17, 15) is 29.4 Å². The Balaban J connectivity index is 2.06. The number of aliphatic hydroxyl groups is 1. The third-order valence-corrected chi connectivity index (χ3v) is 6.32. The molecule has 10 N–H and O–H groups in total. The van der Waals surface area contributed by atoms with Crippen molar-refractivity contribution in [3.63, 3.8) is 0 Å². The lowest BCUT2D eigenvalue weighted by molar-refractivity contribution is -0.143. The van der Waals surface area contributed by atoms with Crippen LogP contribution < -0.4 is 27.4 Å². The summed E-state index contributed by atoms with van der Waals surface area (Å²) in [6.45, 7) is 5.10. The van der Waals surface area contributed by atoms with Crippen LogP contribution in [-0.2, 0) is 25.6 Å². The SMILES string of the molecule is CC(C)C(NC(=O)C(NC(=O)C(N)Cc1c[nH]c2ccccc12)C(C)O)C(=O)NC(CCCCN)C(=O)O. The van der Waals surface area contributed by atoms with E-state index in [1.807, 2.05) is 24.3 Å². The largest absolute Gasteiger partial charge is 0.480 e. The summed E-state index contributed by atoms with van der Waals surface area (Å²) < 4.78 is 0. The number of carbonyl (C=O) groups excluding carboxylic acids is 3. The average molecular weight is 533 g/mol. The number of carboxylic acids is 1. The van der Waals surface area contributed by atoms with Crippen LogP contribution >= 0.6 is 0 Å². The molecule has 0 aliphatic carbocycles. The van der Waals surface area contributed by atoms with E-state index in [4.69, 9.17) is 11.5 Å². The van der Waals surface area contributed by atoms with Gasteiger partial charge in [0.05, 0.1) is 12.1 Å². The molecule has 1 aromatic heterocycles. The number of carboxylic acid groups (broad SMARTS) is 1. The molecule has 2 aromatic rings. The monoisotopic (exact) mass is 532 g/mol. The van der Waals surface area contributed by atoms with E-state index < -0.39 is 59.9 Å². The first-order valence-corrected chi connectivity index (χ1v) is 12.8. The molecule has 0 bridgehead atoms. The van der Waals surface area contributed by atoms with E-state index in [1.54, 1.807) is 20.0 Å². The predicted octanol–water partition coefficient (Wildman–Crippen LogP) is -0.257. The molecule has 0 aliphatic rings. The fourth-order valence-electron chi connectivity index (χ4n) is 4.09. The number of aromatic amines is 1. The number of nitrogens with one attached hydrogen (secondary N) is 4. The Kier molecular flexibility index (Phi) is 11.7. The summed E-state index contributed by atoms with van der Waals surface area (Å²) >= 11 is 0. The molecule has 1 aromatic carbocycles.